The van der Waals surface area contributed by atoms with Crippen LogP contribution in [0.5, 0.6) is 0 Å². The zero-order valence-corrected chi connectivity index (χ0v) is 11.0. The van der Waals surface area contributed by atoms with E-state index in [-0.39, 0.29) is 0 Å². The lowest BCUT2D eigenvalue weighted by Crippen LogP contribution is -2.32. The third-order valence-electron chi connectivity index (χ3n) is 2.75. The second kappa shape index (κ2) is 5.42. The molecule has 0 spiro atoms. The van der Waals surface area contributed by atoms with Crippen molar-refractivity contribution < 1.29 is 9.90 Å². The van der Waals surface area contributed by atoms with E-state index in [9.17, 15) is 4.79 Å². The van der Waals surface area contributed by atoms with Crippen molar-refractivity contribution in [3.63, 3.8) is 0 Å². The van der Waals surface area contributed by atoms with Gasteiger partial charge in [0.2, 0.25) is 0 Å². The predicted molar refractivity (Wildman–Crippen MR) is 68.6 cm³/mol. The van der Waals surface area contributed by atoms with Crippen molar-refractivity contribution in [1.82, 2.24) is 5.09 Å². The van der Waals surface area contributed by atoms with Crippen LogP contribution in [0.2, 0.25) is 0 Å². The van der Waals surface area contributed by atoms with Crippen molar-refractivity contribution in [3.8, 4) is 0 Å². The van der Waals surface area contributed by atoms with E-state index in [0.717, 1.165) is 16.7 Å². The molecule has 2 atom stereocenters. The molecule has 3 nitrogen and oxygen atoms in total. The van der Waals surface area contributed by atoms with Gasteiger partial charge in [-0.25, -0.2) is 0 Å². The number of aliphatic carboxylic acids is 1. The summed E-state index contributed by atoms with van der Waals surface area (Å²) in [5.41, 5.74) is 4.64. The van der Waals surface area contributed by atoms with Crippen molar-refractivity contribution >= 4 is 15.4 Å². The minimum atomic E-state index is -0.825. The van der Waals surface area contributed by atoms with Gasteiger partial charge in [0.15, 0.2) is 0 Å². The van der Waals surface area contributed by atoms with Crippen molar-refractivity contribution in [3.05, 3.63) is 34.4 Å². The van der Waals surface area contributed by atoms with Gasteiger partial charge in [-0.3, -0.25) is 9.88 Å². The van der Waals surface area contributed by atoms with Crippen LogP contribution < -0.4 is 5.09 Å². The Hall–Kier alpha value is -0.920. The largest absolute Gasteiger partial charge is 0.480 e. The lowest BCUT2D eigenvalue weighted by atomic mass is 9.95. The number of nitrogens with one attached hydrogen (secondary N) is 1. The van der Waals surface area contributed by atoms with E-state index in [1.54, 1.807) is 0 Å². The Morgan fingerprint density at radius 2 is 1.88 bits per heavy atom. The summed E-state index contributed by atoms with van der Waals surface area (Å²) in [6, 6.07) is 3.62. The first kappa shape index (κ1) is 13.1. The van der Waals surface area contributed by atoms with Crippen LogP contribution in [0.3, 0.4) is 0 Å². The highest BCUT2D eigenvalue weighted by atomic mass is 31.0. The van der Waals surface area contributed by atoms with Crippen LogP contribution in [-0.4, -0.2) is 17.1 Å². The van der Waals surface area contributed by atoms with Crippen LogP contribution in [0, 0.1) is 20.8 Å². The van der Waals surface area contributed by atoms with Gasteiger partial charge in [0, 0.05) is 0 Å². The van der Waals surface area contributed by atoms with Gasteiger partial charge in [0.25, 0.3) is 0 Å². The minimum absolute atomic E-state index is 0.511. The molecule has 1 aromatic carbocycles. The number of carbonyl (C=O) groups is 1. The smallest absolute Gasteiger partial charge is 0.321 e. The first-order valence-electron chi connectivity index (χ1n) is 5.21. The van der Waals surface area contributed by atoms with E-state index in [0.29, 0.717) is 6.42 Å². The summed E-state index contributed by atoms with van der Waals surface area (Å²) in [5, 5.41) is 11.7. The molecule has 0 saturated carbocycles. The average Bonchev–Trinajstić information content (AvgIpc) is 2.15. The van der Waals surface area contributed by atoms with E-state index in [1.807, 2.05) is 20.8 Å². The highest BCUT2D eigenvalue weighted by molar-refractivity contribution is 7.13. The highest BCUT2D eigenvalue weighted by Crippen LogP contribution is 2.18. The second-order valence-electron chi connectivity index (χ2n) is 4.14. The zero-order valence-electron chi connectivity index (χ0n) is 9.87. The quantitative estimate of drug-likeness (QED) is 0.790. The van der Waals surface area contributed by atoms with Crippen LogP contribution in [0.15, 0.2) is 12.1 Å². The summed E-state index contributed by atoms with van der Waals surface area (Å²) in [6.07, 6.45) is 0.511. The summed E-state index contributed by atoms with van der Waals surface area (Å²) < 4.78 is 0. The molecular formula is C12H18NO2P. The van der Waals surface area contributed by atoms with Gasteiger partial charge >= 0.3 is 5.97 Å². The van der Waals surface area contributed by atoms with Gasteiger partial charge in [-0.2, -0.15) is 0 Å². The van der Waals surface area contributed by atoms with Gasteiger partial charge in [-0.1, -0.05) is 27.1 Å². The molecule has 1 unspecified atom stereocenters. The molecule has 4 heteroatoms. The molecule has 0 aliphatic carbocycles. The fourth-order valence-corrected chi connectivity index (χ4v) is 2.21. The molecule has 0 saturated heterocycles. The average molecular weight is 239 g/mol. The first-order valence-corrected chi connectivity index (χ1v) is 5.79. The van der Waals surface area contributed by atoms with E-state index < -0.39 is 12.0 Å². The standard InChI is InChI=1S/C12H18NO2P/c1-7-4-8(2)10(9(3)5-7)6-11(13-16)12(14)15/h4-5,11,13H,6,16H2,1-3H3,(H,14,15)/t11-/m1/s1. The van der Waals surface area contributed by atoms with Gasteiger partial charge < -0.3 is 5.11 Å². The summed E-state index contributed by atoms with van der Waals surface area (Å²) in [6.45, 7) is 6.10. The number of aryl methyl sites for hydroxylation is 3. The third kappa shape index (κ3) is 3.03. The van der Waals surface area contributed by atoms with Crippen LogP contribution in [0.1, 0.15) is 22.3 Å². The fourth-order valence-electron chi connectivity index (χ4n) is 1.95. The topological polar surface area (TPSA) is 49.3 Å². The Morgan fingerprint density at radius 1 is 1.38 bits per heavy atom. The zero-order chi connectivity index (χ0) is 12.3. The van der Waals surface area contributed by atoms with Crippen molar-refractivity contribution in [2.45, 2.75) is 33.2 Å². The third-order valence-corrected chi connectivity index (χ3v) is 3.15. The molecule has 0 fully saturated rings. The number of carboxylic acids is 1. The van der Waals surface area contributed by atoms with Crippen LogP contribution in [0.25, 0.3) is 0 Å². The van der Waals surface area contributed by atoms with E-state index >= 15 is 0 Å². The second-order valence-corrected chi connectivity index (χ2v) is 4.47. The molecule has 0 aliphatic rings. The number of hydrogen-bond donors (Lipinski definition) is 2. The Labute approximate surface area is 98.5 Å². The van der Waals surface area contributed by atoms with Crippen LogP contribution in [0.4, 0.5) is 0 Å². The molecule has 0 radical (unpaired) electrons. The van der Waals surface area contributed by atoms with Crippen molar-refractivity contribution in [1.29, 1.82) is 0 Å². The summed E-state index contributed by atoms with van der Waals surface area (Å²) >= 11 is 0. The number of rotatable bonds is 4. The maximum absolute atomic E-state index is 10.9. The Morgan fingerprint density at radius 3 is 2.25 bits per heavy atom. The Balaban J connectivity index is 3.01. The molecule has 0 aromatic heterocycles. The molecule has 88 valence electrons. The Bertz CT molecular complexity index is 381. The molecule has 1 rings (SSSR count). The molecule has 0 heterocycles. The minimum Gasteiger partial charge on any atom is -0.480 e. The first-order chi connectivity index (χ1) is 7.45. The van der Waals surface area contributed by atoms with Gasteiger partial charge in [0.05, 0.1) is 0 Å². The molecule has 0 amide bonds. The summed E-state index contributed by atoms with van der Waals surface area (Å²) in [7, 11) is 2.27. The molecule has 0 bridgehead atoms. The maximum atomic E-state index is 10.9. The van der Waals surface area contributed by atoms with Gasteiger partial charge in [-0.15, -0.1) is 0 Å². The van der Waals surface area contributed by atoms with Crippen LogP contribution in [-0.2, 0) is 11.2 Å². The fraction of sp³-hybridized carbons (Fsp3) is 0.417. The molecule has 1 aromatic rings. The van der Waals surface area contributed by atoms with Crippen molar-refractivity contribution in [2.24, 2.45) is 0 Å². The van der Waals surface area contributed by atoms with Crippen LogP contribution >= 0.6 is 9.39 Å². The SMILES string of the molecule is Cc1cc(C)c(C[C@@H](NP)C(=O)O)c(C)c1. The predicted octanol–water partition coefficient (Wildman–Crippen LogP) is 1.99. The number of benzene rings is 1. The lowest BCUT2D eigenvalue weighted by molar-refractivity contribution is -0.138. The molecule has 0 aliphatic heterocycles. The normalized spacial score (nSPS) is 12.5. The Kier molecular flexibility index (Phi) is 4.45. The van der Waals surface area contributed by atoms with Gasteiger partial charge in [0.1, 0.15) is 6.04 Å². The highest BCUT2D eigenvalue weighted by Gasteiger charge is 2.17. The van der Waals surface area contributed by atoms with E-state index in [1.165, 1.54) is 5.56 Å². The van der Waals surface area contributed by atoms with E-state index in [4.69, 9.17) is 5.11 Å². The summed E-state index contributed by atoms with van der Waals surface area (Å²) in [4.78, 5) is 10.9. The lowest BCUT2D eigenvalue weighted by Gasteiger charge is -2.16. The maximum Gasteiger partial charge on any atom is 0.321 e. The van der Waals surface area contributed by atoms with E-state index in [2.05, 4.69) is 26.6 Å². The molecular weight excluding hydrogens is 221 g/mol. The molecule has 16 heavy (non-hydrogen) atoms. The number of carboxylic acid groups (broad SMARTS) is 1. The van der Waals surface area contributed by atoms with Gasteiger partial charge in [-0.05, 0) is 43.9 Å². The van der Waals surface area contributed by atoms with Crippen molar-refractivity contribution in [2.75, 3.05) is 0 Å². The molecule has 2 N–H and O–H groups in total. The monoisotopic (exact) mass is 239 g/mol. The summed E-state index contributed by atoms with van der Waals surface area (Å²) in [5.74, 6) is -0.825. The number of hydrogen-bond acceptors (Lipinski definition) is 2.